The van der Waals surface area contributed by atoms with Gasteiger partial charge in [-0.15, -0.1) is 0 Å². The number of Topliss-reactive ketones (excluding diaryl/α,β-unsaturated/α-hetero) is 1. The van der Waals surface area contributed by atoms with Crippen molar-refractivity contribution in [2.75, 3.05) is 0 Å². The maximum atomic E-state index is 13.4. The Balaban J connectivity index is 1.72. The summed E-state index contributed by atoms with van der Waals surface area (Å²) in [6.45, 7) is 6.07. The Kier molecular flexibility index (Phi) is 12.3. The highest BCUT2D eigenvalue weighted by molar-refractivity contribution is 6.38. The normalized spacial score (nSPS) is 13.0. The lowest BCUT2D eigenvalue weighted by Gasteiger charge is -2.26. The molecule has 5 amide bonds. The minimum Gasteiger partial charge on any atom is -0.368 e. The molecule has 1 unspecified atom stereocenters. The summed E-state index contributed by atoms with van der Waals surface area (Å²) in [7, 11) is 0. The van der Waals surface area contributed by atoms with Crippen LogP contribution in [0.5, 0.6) is 0 Å². The molecule has 3 aromatic carbocycles. The fourth-order valence-corrected chi connectivity index (χ4v) is 4.61. The van der Waals surface area contributed by atoms with Gasteiger partial charge in [0, 0.05) is 12.8 Å². The number of carbonyl (C=O) groups excluding carboxylic acids is 6. The molecule has 0 aliphatic heterocycles. The van der Waals surface area contributed by atoms with Gasteiger partial charge in [0.2, 0.25) is 29.4 Å². The molecule has 0 spiro atoms. The van der Waals surface area contributed by atoms with E-state index in [2.05, 4.69) is 21.3 Å². The molecule has 0 fully saturated rings. The lowest BCUT2D eigenvalue weighted by atomic mass is 10.0. The maximum Gasteiger partial charge on any atom is 0.290 e. The molecule has 0 radical (unpaired) electrons. The van der Waals surface area contributed by atoms with E-state index in [1.54, 1.807) is 30.3 Å². The maximum absolute atomic E-state index is 13.4. The van der Waals surface area contributed by atoms with E-state index in [0.717, 1.165) is 16.7 Å². The highest BCUT2D eigenvalue weighted by Crippen LogP contribution is 2.10. The van der Waals surface area contributed by atoms with Gasteiger partial charge >= 0.3 is 0 Å². The Hall–Kier alpha value is -5.32. The van der Waals surface area contributed by atoms with Crippen molar-refractivity contribution in [3.8, 4) is 0 Å². The fourth-order valence-electron chi connectivity index (χ4n) is 4.61. The molecule has 0 aliphatic carbocycles. The second kappa shape index (κ2) is 16.1. The summed E-state index contributed by atoms with van der Waals surface area (Å²) in [5.74, 6) is -4.64. The van der Waals surface area contributed by atoms with Gasteiger partial charge in [-0.1, -0.05) is 84.9 Å². The molecule has 242 valence electrons. The zero-order chi connectivity index (χ0) is 33.9. The summed E-state index contributed by atoms with van der Waals surface area (Å²) in [6.07, 6.45) is 0.223. The van der Waals surface area contributed by atoms with E-state index in [1.165, 1.54) is 20.8 Å². The number of aryl methyl sites for hydroxylation is 1. The van der Waals surface area contributed by atoms with Crippen LogP contribution in [0.25, 0.3) is 0 Å². The van der Waals surface area contributed by atoms with E-state index >= 15 is 0 Å². The van der Waals surface area contributed by atoms with Crippen molar-refractivity contribution < 1.29 is 28.8 Å². The number of hydrogen-bond acceptors (Lipinski definition) is 6. The summed E-state index contributed by atoms with van der Waals surface area (Å²) < 4.78 is 0. The van der Waals surface area contributed by atoms with Crippen molar-refractivity contribution in [3.05, 3.63) is 107 Å². The largest absolute Gasteiger partial charge is 0.368 e. The summed E-state index contributed by atoms with van der Waals surface area (Å²) in [4.78, 5) is 77.6. The number of ketones is 1. The molecule has 0 aliphatic rings. The first-order chi connectivity index (χ1) is 21.8. The third-order valence-corrected chi connectivity index (χ3v) is 7.48. The summed E-state index contributed by atoms with van der Waals surface area (Å²) in [5, 5.41) is 10.3. The molecule has 0 saturated heterocycles. The fraction of sp³-hybridized carbons (Fsp3) is 0.314. The average molecular weight is 628 g/mol. The standard InChI is InChI=1S/C35H41N5O6/c1-22-13-11-12-18-26(22)21-29(41)38-27(19-24-14-7-5-8-15-24)31(43)37-23(2)30(42)33(45)39-28(20-25-16-9-6-10-17-25)32(44)40-35(3,4)34(36)46/h5-18,23,27-28H,19-21H2,1-4H3,(H2,36,46)(H,37,43)(H,38,41)(H,39,45)(H,40,44)/t23?,27-,28-/m0/s1. The van der Waals surface area contributed by atoms with Crippen LogP contribution in [0.2, 0.25) is 0 Å². The van der Waals surface area contributed by atoms with Gasteiger partial charge in [0.15, 0.2) is 0 Å². The molecular formula is C35H41N5O6. The predicted molar refractivity (Wildman–Crippen MR) is 173 cm³/mol. The summed E-state index contributed by atoms with van der Waals surface area (Å²) in [5.41, 5.74) is 7.20. The zero-order valence-electron chi connectivity index (χ0n) is 26.5. The Bertz CT molecular complexity index is 1560. The lowest BCUT2D eigenvalue weighted by molar-refractivity contribution is -0.141. The van der Waals surface area contributed by atoms with Crippen molar-refractivity contribution in [1.82, 2.24) is 21.3 Å². The SMILES string of the molecule is Cc1ccccc1CC(=O)N[C@@H](Cc1ccccc1)C(=O)NC(C)C(=O)C(=O)N[C@@H](Cc1ccccc1)C(=O)NC(C)(C)C(N)=O. The first-order valence-electron chi connectivity index (χ1n) is 15.0. The molecule has 6 N–H and O–H groups in total. The molecule has 0 aromatic heterocycles. The predicted octanol–water partition coefficient (Wildman–Crippen LogP) is 1.45. The van der Waals surface area contributed by atoms with E-state index in [1.807, 2.05) is 61.5 Å². The highest BCUT2D eigenvalue weighted by atomic mass is 16.2. The number of nitrogens with one attached hydrogen (secondary N) is 4. The molecule has 3 aromatic rings. The summed E-state index contributed by atoms with van der Waals surface area (Å²) >= 11 is 0. The Morgan fingerprint density at radius 2 is 1.20 bits per heavy atom. The first kappa shape index (κ1) is 35.2. The number of benzene rings is 3. The number of amides is 5. The molecular weight excluding hydrogens is 586 g/mol. The molecule has 11 nitrogen and oxygen atoms in total. The van der Waals surface area contributed by atoms with Crippen molar-refractivity contribution in [3.63, 3.8) is 0 Å². The molecule has 0 saturated carbocycles. The van der Waals surface area contributed by atoms with Crippen LogP contribution in [0, 0.1) is 6.92 Å². The van der Waals surface area contributed by atoms with Crippen molar-refractivity contribution in [2.24, 2.45) is 5.73 Å². The molecule has 0 bridgehead atoms. The van der Waals surface area contributed by atoms with Crippen LogP contribution in [0.1, 0.15) is 43.0 Å². The molecule has 3 atom stereocenters. The van der Waals surface area contributed by atoms with Crippen LogP contribution in [-0.4, -0.2) is 59.0 Å². The topological polar surface area (TPSA) is 177 Å². The third-order valence-electron chi connectivity index (χ3n) is 7.48. The number of rotatable bonds is 15. The van der Waals surface area contributed by atoms with Gasteiger partial charge in [0.05, 0.1) is 12.5 Å². The lowest BCUT2D eigenvalue weighted by Crippen LogP contribution is -2.60. The zero-order valence-corrected chi connectivity index (χ0v) is 26.5. The molecule has 11 heteroatoms. The van der Waals surface area contributed by atoms with Gasteiger partial charge < -0.3 is 27.0 Å². The third kappa shape index (κ3) is 10.4. The highest BCUT2D eigenvalue weighted by Gasteiger charge is 2.34. The smallest absolute Gasteiger partial charge is 0.290 e. The van der Waals surface area contributed by atoms with E-state index in [0.29, 0.717) is 5.56 Å². The van der Waals surface area contributed by atoms with E-state index < -0.39 is 53.1 Å². The minimum absolute atomic E-state index is 0.0212. The monoisotopic (exact) mass is 627 g/mol. The number of carbonyl (C=O) groups is 6. The van der Waals surface area contributed by atoms with Crippen LogP contribution >= 0.6 is 0 Å². The van der Waals surface area contributed by atoms with Crippen LogP contribution in [0.15, 0.2) is 84.9 Å². The second-order valence-electron chi connectivity index (χ2n) is 11.7. The Morgan fingerprint density at radius 1 is 0.696 bits per heavy atom. The van der Waals surface area contributed by atoms with Crippen LogP contribution in [0.4, 0.5) is 0 Å². The van der Waals surface area contributed by atoms with Crippen LogP contribution in [-0.2, 0) is 48.0 Å². The van der Waals surface area contributed by atoms with Crippen molar-refractivity contribution in [2.45, 2.75) is 70.6 Å². The van der Waals surface area contributed by atoms with Crippen LogP contribution < -0.4 is 27.0 Å². The van der Waals surface area contributed by atoms with Gasteiger partial charge in [-0.3, -0.25) is 28.8 Å². The Labute approximate surface area is 268 Å². The van der Waals surface area contributed by atoms with Gasteiger partial charge in [0.1, 0.15) is 17.6 Å². The quantitative estimate of drug-likeness (QED) is 0.159. The van der Waals surface area contributed by atoms with Crippen LogP contribution in [0.3, 0.4) is 0 Å². The van der Waals surface area contributed by atoms with Gasteiger partial charge in [-0.25, -0.2) is 0 Å². The average Bonchev–Trinajstić information content (AvgIpc) is 3.01. The molecule has 0 heterocycles. The van der Waals surface area contributed by atoms with Gasteiger partial charge in [-0.05, 0) is 49.9 Å². The molecule has 3 rings (SSSR count). The number of hydrogen-bond donors (Lipinski definition) is 5. The van der Waals surface area contributed by atoms with Gasteiger partial charge in [-0.2, -0.15) is 0 Å². The van der Waals surface area contributed by atoms with Crippen molar-refractivity contribution >= 4 is 35.3 Å². The first-order valence-corrected chi connectivity index (χ1v) is 15.0. The van der Waals surface area contributed by atoms with Crippen molar-refractivity contribution in [1.29, 1.82) is 0 Å². The van der Waals surface area contributed by atoms with E-state index in [9.17, 15) is 28.8 Å². The Morgan fingerprint density at radius 3 is 1.72 bits per heavy atom. The molecule has 46 heavy (non-hydrogen) atoms. The van der Waals surface area contributed by atoms with Gasteiger partial charge in [0.25, 0.3) is 5.91 Å². The van der Waals surface area contributed by atoms with E-state index in [4.69, 9.17) is 5.73 Å². The van der Waals surface area contributed by atoms with E-state index in [-0.39, 0.29) is 25.2 Å². The number of nitrogens with two attached hydrogens (primary N) is 1. The summed E-state index contributed by atoms with van der Waals surface area (Å²) in [6, 6.07) is 21.7. The second-order valence-corrected chi connectivity index (χ2v) is 11.7. The minimum atomic E-state index is -1.42. The number of primary amides is 1.